The molecule has 0 radical (unpaired) electrons. The number of hydrogen-bond donors (Lipinski definition) is 1. The Morgan fingerprint density at radius 1 is 1.67 bits per heavy atom. The maximum Gasteiger partial charge on any atom is 0.345 e. The smallest absolute Gasteiger partial charge is 0.345 e. The molecular formula is C5H4ArO2S. The molecule has 0 saturated carbocycles. The molecule has 1 rings (SSSR count). The number of carboxylic acid groups (broad SMARTS) is 1. The summed E-state index contributed by atoms with van der Waals surface area (Å²) in [6.07, 6.45) is 0. The molecule has 0 spiro atoms. The van der Waals surface area contributed by atoms with Gasteiger partial charge >= 0.3 is 5.97 Å². The monoisotopic (exact) mass is 168 g/mol. The summed E-state index contributed by atoms with van der Waals surface area (Å²) < 4.78 is 0. The first-order chi connectivity index (χ1) is 3.80. The van der Waals surface area contributed by atoms with E-state index in [1.807, 2.05) is 0 Å². The third-order valence-electron chi connectivity index (χ3n) is 0.732. The molecule has 1 heterocycles. The van der Waals surface area contributed by atoms with E-state index in [2.05, 4.69) is 0 Å². The van der Waals surface area contributed by atoms with Crippen molar-refractivity contribution in [3.05, 3.63) is 22.4 Å². The van der Waals surface area contributed by atoms with Gasteiger partial charge in [0.15, 0.2) is 0 Å². The van der Waals surface area contributed by atoms with Gasteiger partial charge in [-0.15, -0.1) is 11.3 Å². The van der Waals surface area contributed by atoms with Crippen molar-refractivity contribution < 1.29 is 47.6 Å². The van der Waals surface area contributed by atoms with Crippen molar-refractivity contribution in [1.29, 1.82) is 0 Å². The van der Waals surface area contributed by atoms with Gasteiger partial charge in [0.25, 0.3) is 0 Å². The van der Waals surface area contributed by atoms with Crippen LogP contribution in [-0.2, 0) is 0 Å². The van der Waals surface area contributed by atoms with Crippen molar-refractivity contribution in [2.45, 2.75) is 0 Å². The van der Waals surface area contributed by atoms with Crippen LogP contribution in [0.1, 0.15) is 9.67 Å². The maximum atomic E-state index is 10.1. The molecule has 0 aliphatic carbocycles. The third kappa shape index (κ3) is 2.67. The minimum Gasteiger partial charge on any atom is -0.477 e. The van der Waals surface area contributed by atoms with Crippen LogP contribution in [0.15, 0.2) is 17.5 Å². The molecule has 4 heteroatoms. The second-order valence-electron chi connectivity index (χ2n) is 1.28. The van der Waals surface area contributed by atoms with E-state index >= 15 is 0 Å². The van der Waals surface area contributed by atoms with Gasteiger partial charge in [-0.25, -0.2) is 4.79 Å². The van der Waals surface area contributed by atoms with Crippen LogP contribution in [0.2, 0.25) is 0 Å². The number of carbonyl (C=O) groups is 1. The average molecular weight is 168 g/mol. The predicted molar refractivity (Wildman–Crippen MR) is 31.3 cm³/mol. The molecule has 0 aliphatic rings. The Hall–Kier alpha value is 0.430. The van der Waals surface area contributed by atoms with E-state index in [0.717, 1.165) is 0 Å². The molecule has 9 heavy (non-hydrogen) atoms. The summed E-state index contributed by atoms with van der Waals surface area (Å²) in [6, 6.07) is 3.29. The minimum atomic E-state index is -0.847. The van der Waals surface area contributed by atoms with Gasteiger partial charge in [-0.1, -0.05) is 6.07 Å². The van der Waals surface area contributed by atoms with E-state index in [4.69, 9.17) is 5.11 Å². The summed E-state index contributed by atoms with van der Waals surface area (Å²) in [7, 11) is 0. The molecule has 0 aromatic carbocycles. The van der Waals surface area contributed by atoms with E-state index in [0.29, 0.717) is 4.88 Å². The molecule has 0 fully saturated rings. The fourth-order valence-electron chi connectivity index (χ4n) is 0.400. The van der Waals surface area contributed by atoms with Gasteiger partial charge in [-0.3, -0.25) is 0 Å². The van der Waals surface area contributed by atoms with Crippen LogP contribution in [0.25, 0.3) is 0 Å². The largest absolute Gasteiger partial charge is 0.477 e. The Labute approximate surface area is 86.5 Å². The molecule has 0 amide bonds. The van der Waals surface area contributed by atoms with Gasteiger partial charge in [0.1, 0.15) is 4.88 Å². The number of rotatable bonds is 1. The van der Waals surface area contributed by atoms with Gasteiger partial charge < -0.3 is 5.11 Å². The molecular weight excluding hydrogens is 164 g/mol. The Morgan fingerprint density at radius 2 is 2.33 bits per heavy atom. The molecule has 0 saturated heterocycles. The van der Waals surface area contributed by atoms with Crippen LogP contribution in [0, 0.1) is 37.7 Å². The van der Waals surface area contributed by atoms with Crippen LogP contribution in [0.5, 0.6) is 0 Å². The standard InChI is InChI=1S/C5H4O2S.Ar/c6-5(7)4-2-1-3-8-4;/h1-3H,(H,6,7);. The van der Waals surface area contributed by atoms with Gasteiger partial charge in [0, 0.05) is 37.7 Å². The van der Waals surface area contributed by atoms with Gasteiger partial charge in [0.2, 0.25) is 0 Å². The summed E-state index contributed by atoms with van der Waals surface area (Å²) in [5, 5.41) is 10.0. The molecule has 0 atom stereocenters. The molecule has 1 aromatic rings. The third-order valence-corrected chi connectivity index (χ3v) is 1.59. The zero-order chi connectivity index (χ0) is 5.98. The van der Waals surface area contributed by atoms with Crippen molar-refractivity contribution in [3.63, 3.8) is 0 Å². The number of aromatic carboxylic acids is 1. The summed E-state index contributed by atoms with van der Waals surface area (Å²) in [4.78, 5) is 10.5. The summed E-state index contributed by atoms with van der Waals surface area (Å²) in [5.74, 6) is -0.847. The molecule has 2 nitrogen and oxygen atoms in total. The maximum absolute atomic E-state index is 10.1. The van der Waals surface area contributed by atoms with E-state index in [1.165, 1.54) is 11.3 Å². The van der Waals surface area contributed by atoms with Crippen molar-refractivity contribution >= 4 is 17.3 Å². The van der Waals surface area contributed by atoms with E-state index in [1.54, 1.807) is 17.5 Å². The number of carboxylic acids is 1. The van der Waals surface area contributed by atoms with Crippen molar-refractivity contribution in [1.82, 2.24) is 0 Å². The van der Waals surface area contributed by atoms with Gasteiger partial charge in [0.05, 0.1) is 0 Å². The first kappa shape index (κ1) is 9.43. The normalized spacial score (nSPS) is 8.00. The van der Waals surface area contributed by atoms with E-state index < -0.39 is 5.97 Å². The van der Waals surface area contributed by atoms with Crippen LogP contribution < -0.4 is 0 Å². The fraction of sp³-hybridized carbons (Fsp3) is 0. The van der Waals surface area contributed by atoms with Gasteiger partial charge in [-0.05, 0) is 11.4 Å². The molecule has 50 valence electrons. The fourth-order valence-corrected chi connectivity index (χ4v) is 0.962. The first-order valence-corrected chi connectivity index (χ1v) is 2.95. The Kier molecular flexibility index (Phi) is 4.48. The van der Waals surface area contributed by atoms with Crippen LogP contribution in [0.3, 0.4) is 0 Å². The summed E-state index contributed by atoms with van der Waals surface area (Å²) in [5.41, 5.74) is 0. The quantitative estimate of drug-likeness (QED) is 0.688. The summed E-state index contributed by atoms with van der Waals surface area (Å²) in [6.45, 7) is 0. The Bertz CT molecular complexity index is 183. The average Bonchev–Trinajstić information content (AvgIpc) is 2.12. The van der Waals surface area contributed by atoms with Crippen molar-refractivity contribution in [2.75, 3.05) is 0 Å². The second-order valence-corrected chi connectivity index (χ2v) is 2.23. The van der Waals surface area contributed by atoms with Crippen LogP contribution in [0.4, 0.5) is 0 Å². The molecule has 0 unspecified atom stereocenters. The predicted octanol–water partition coefficient (Wildman–Crippen LogP) is 1.45. The first-order valence-electron chi connectivity index (χ1n) is 2.07. The molecule has 1 aromatic heterocycles. The zero-order valence-electron chi connectivity index (χ0n) is 4.35. The minimum absolute atomic E-state index is 0. The van der Waals surface area contributed by atoms with Crippen LogP contribution >= 0.6 is 11.3 Å². The Morgan fingerprint density at radius 3 is 2.56 bits per heavy atom. The summed E-state index contributed by atoms with van der Waals surface area (Å²) >= 11 is 1.23. The van der Waals surface area contributed by atoms with Gasteiger partial charge in [-0.2, -0.15) is 0 Å². The SMILES string of the molecule is O=C(O)c1cccs1.[Ar]. The number of hydrogen-bond acceptors (Lipinski definition) is 2. The molecule has 1 N–H and O–H groups in total. The van der Waals surface area contributed by atoms with Crippen molar-refractivity contribution in [2.24, 2.45) is 0 Å². The topological polar surface area (TPSA) is 37.3 Å². The van der Waals surface area contributed by atoms with Crippen LogP contribution in [-0.4, -0.2) is 11.1 Å². The zero-order valence-corrected chi connectivity index (χ0v) is 5.87. The Balaban J connectivity index is 0.000000640. The molecule has 0 aliphatic heterocycles. The van der Waals surface area contributed by atoms with E-state index in [-0.39, 0.29) is 37.7 Å². The van der Waals surface area contributed by atoms with Crippen molar-refractivity contribution in [3.8, 4) is 0 Å². The van der Waals surface area contributed by atoms with E-state index in [9.17, 15) is 4.79 Å². The number of thiophene rings is 1. The molecule has 0 bridgehead atoms. The second kappa shape index (κ2) is 4.28.